The van der Waals surface area contributed by atoms with Gasteiger partial charge in [0.15, 0.2) is 11.0 Å². The Hall–Kier alpha value is -2.80. The van der Waals surface area contributed by atoms with Gasteiger partial charge < -0.3 is 14.6 Å². The molecule has 0 aliphatic rings. The van der Waals surface area contributed by atoms with Crippen molar-refractivity contribution in [3.63, 3.8) is 0 Å². The van der Waals surface area contributed by atoms with Crippen LogP contribution >= 0.6 is 11.8 Å². The fourth-order valence-corrected chi connectivity index (χ4v) is 3.52. The predicted molar refractivity (Wildman–Crippen MR) is 112 cm³/mol. The van der Waals surface area contributed by atoms with Gasteiger partial charge in [-0.2, -0.15) is 0 Å². The summed E-state index contributed by atoms with van der Waals surface area (Å²) in [4.78, 5) is 12.2. The molecule has 146 valence electrons. The zero-order chi connectivity index (χ0) is 19.9. The Morgan fingerprint density at radius 3 is 2.54 bits per heavy atom. The number of ether oxygens (including phenoxy) is 1. The number of hydrogen-bond acceptors (Lipinski definition) is 5. The Bertz CT molecular complexity index is 910. The smallest absolute Gasteiger partial charge is 0.230 e. The highest BCUT2D eigenvalue weighted by Gasteiger charge is 2.14. The largest absolute Gasteiger partial charge is 0.497 e. The van der Waals surface area contributed by atoms with Gasteiger partial charge in [-0.15, -0.1) is 10.2 Å². The van der Waals surface area contributed by atoms with E-state index < -0.39 is 0 Å². The highest BCUT2D eigenvalue weighted by Crippen LogP contribution is 2.24. The van der Waals surface area contributed by atoms with Gasteiger partial charge >= 0.3 is 0 Å². The molecule has 1 amide bonds. The quantitative estimate of drug-likeness (QED) is 0.590. The van der Waals surface area contributed by atoms with Crippen molar-refractivity contribution in [3.8, 4) is 17.1 Å². The van der Waals surface area contributed by atoms with Gasteiger partial charge in [-0.1, -0.05) is 49.0 Å². The number of benzene rings is 2. The van der Waals surface area contributed by atoms with Crippen LogP contribution in [0.4, 0.5) is 0 Å². The van der Waals surface area contributed by atoms with Crippen molar-refractivity contribution in [2.75, 3.05) is 19.4 Å². The van der Waals surface area contributed by atoms with Crippen molar-refractivity contribution in [2.24, 2.45) is 7.05 Å². The van der Waals surface area contributed by atoms with E-state index in [1.54, 1.807) is 7.11 Å². The number of nitrogens with zero attached hydrogens (tertiary/aromatic N) is 3. The van der Waals surface area contributed by atoms with E-state index in [1.807, 2.05) is 54.1 Å². The van der Waals surface area contributed by atoms with Gasteiger partial charge in [-0.3, -0.25) is 4.79 Å². The molecular formula is C21H24N4O2S. The van der Waals surface area contributed by atoms with Crippen molar-refractivity contribution in [1.82, 2.24) is 20.1 Å². The van der Waals surface area contributed by atoms with E-state index in [0.717, 1.165) is 17.1 Å². The summed E-state index contributed by atoms with van der Waals surface area (Å²) in [6.07, 6.45) is 0. The molecular weight excluding hydrogens is 372 g/mol. The standard InChI is InChI=1S/C21H24N4O2S/c1-15(16-7-5-4-6-8-16)13-22-19(26)14-28-21-24-23-20(25(21)2)17-9-11-18(27-3)12-10-17/h4-12,15H,13-14H2,1-3H3,(H,22,26)/t15-/m0/s1. The first-order valence-electron chi connectivity index (χ1n) is 9.06. The van der Waals surface area contributed by atoms with E-state index in [2.05, 4.69) is 34.6 Å². The molecule has 3 rings (SSSR count). The summed E-state index contributed by atoms with van der Waals surface area (Å²) in [6, 6.07) is 17.8. The molecule has 1 heterocycles. The number of thioether (sulfide) groups is 1. The molecule has 0 aliphatic carbocycles. The molecule has 0 radical (unpaired) electrons. The summed E-state index contributed by atoms with van der Waals surface area (Å²) in [5, 5.41) is 12.2. The predicted octanol–water partition coefficient (Wildman–Crippen LogP) is 3.50. The van der Waals surface area contributed by atoms with Crippen LogP contribution in [0.25, 0.3) is 11.4 Å². The van der Waals surface area contributed by atoms with Crippen LogP contribution < -0.4 is 10.1 Å². The molecule has 6 nitrogen and oxygen atoms in total. The maximum atomic E-state index is 12.2. The molecule has 0 saturated carbocycles. The van der Waals surface area contributed by atoms with Crippen LogP contribution in [-0.4, -0.2) is 40.1 Å². The van der Waals surface area contributed by atoms with Gasteiger partial charge in [0.25, 0.3) is 0 Å². The van der Waals surface area contributed by atoms with Crippen LogP contribution in [-0.2, 0) is 11.8 Å². The Labute approximate surface area is 169 Å². The summed E-state index contributed by atoms with van der Waals surface area (Å²) in [5.74, 6) is 2.11. The number of amides is 1. The lowest BCUT2D eigenvalue weighted by atomic mass is 10.0. The third-order valence-electron chi connectivity index (χ3n) is 4.49. The molecule has 0 aliphatic heterocycles. The fourth-order valence-electron chi connectivity index (χ4n) is 2.78. The molecule has 0 saturated heterocycles. The Balaban J connectivity index is 1.53. The van der Waals surface area contributed by atoms with Crippen molar-refractivity contribution in [3.05, 3.63) is 60.2 Å². The summed E-state index contributed by atoms with van der Waals surface area (Å²) in [6.45, 7) is 2.71. The maximum absolute atomic E-state index is 12.2. The lowest BCUT2D eigenvalue weighted by Gasteiger charge is -2.12. The first-order chi connectivity index (χ1) is 13.6. The Kier molecular flexibility index (Phi) is 6.71. The van der Waals surface area contributed by atoms with Crippen molar-refractivity contribution < 1.29 is 9.53 Å². The first kappa shape index (κ1) is 19.9. The van der Waals surface area contributed by atoms with E-state index in [1.165, 1.54) is 17.3 Å². The number of methoxy groups -OCH3 is 1. The van der Waals surface area contributed by atoms with Crippen LogP contribution in [0.15, 0.2) is 59.8 Å². The van der Waals surface area contributed by atoms with Crippen molar-refractivity contribution >= 4 is 17.7 Å². The zero-order valence-electron chi connectivity index (χ0n) is 16.3. The van der Waals surface area contributed by atoms with Gasteiger partial charge in [0.05, 0.1) is 12.9 Å². The van der Waals surface area contributed by atoms with Gasteiger partial charge in [0.2, 0.25) is 5.91 Å². The number of nitrogens with one attached hydrogen (secondary N) is 1. The number of carbonyl (C=O) groups excluding carboxylic acids is 1. The number of carbonyl (C=O) groups is 1. The molecule has 0 fully saturated rings. The second-order valence-corrected chi connectivity index (χ2v) is 7.44. The van der Waals surface area contributed by atoms with Gasteiger partial charge in [-0.25, -0.2) is 0 Å². The van der Waals surface area contributed by atoms with Crippen LogP contribution in [0.3, 0.4) is 0 Å². The number of hydrogen-bond donors (Lipinski definition) is 1. The Morgan fingerprint density at radius 1 is 1.14 bits per heavy atom. The SMILES string of the molecule is COc1ccc(-c2nnc(SCC(=O)NC[C@H](C)c3ccccc3)n2C)cc1. The van der Waals surface area contributed by atoms with Gasteiger partial charge in [0.1, 0.15) is 5.75 Å². The summed E-state index contributed by atoms with van der Waals surface area (Å²) >= 11 is 1.38. The second kappa shape index (κ2) is 9.41. The van der Waals surface area contributed by atoms with Gasteiger partial charge in [0, 0.05) is 19.2 Å². The molecule has 28 heavy (non-hydrogen) atoms. The molecule has 1 atom stereocenters. The fraction of sp³-hybridized carbons (Fsp3) is 0.286. The maximum Gasteiger partial charge on any atom is 0.230 e. The van der Waals surface area contributed by atoms with E-state index in [-0.39, 0.29) is 11.8 Å². The van der Waals surface area contributed by atoms with E-state index in [4.69, 9.17) is 4.74 Å². The summed E-state index contributed by atoms with van der Waals surface area (Å²) in [7, 11) is 3.54. The number of aromatic nitrogens is 3. The minimum absolute atomic E-state index is 0.0122. The minimum atomic E-state index is -0.0122. The summed E-state index contributed by atoms with van der Waals surface area (Å²) in [5.41, 5.74) is 2.16. The molecule has 1 N–H and O–H groups in total. The lowest BCUT2D eigenvalue weighted by Crippen LogP contribution is -2.29. The molecule has 2 aromatic carbocycles. The van der Waals surface area contributed by atoms with Crippen LogP contribution in [0.1, 0.15) is 18.4 Å². The van der Waals surface area contributed by atoms with Crippen LogP contribution in [0, 0.1) is 0 Å². The normalized spacial score (nSPS) is 11.8. The first-order valence-corrected chi connectivity index (χ1v) is 10.0. The highest BCUT2D eigenvalue weighted by atomic mass is 32.2. The number of rotatable bonds is 8. The molecule has 3 aromatic rings. The van der Waals surface area contributed by atoms with E-state index in [0.29, 0.717) is 17.5 Å². The van der Waals surface area contributed by atoms with Crippen molar-refractivity contribution in [2.45, 2.75) is 18.0 Å². The van der Waals surface area contributed by atoms with Crippen LogP contribution in [0.2, 0.25) is 0 Å². The monoisotopic (exact) mass is 396 g/mol. The van der Waals surface area contributed by atoms with E-state index in [9.17, 15) is 4.79 Å². The topological polar surface area (TPSA) is 69.0 Å². The van der Waals surface area contributed by atoms with Crippen LogP contribution in [0.5, 0.6) is 5.75 Å². The highest BCUT2D eigenvalue weighted by molar-refractivity contribution is 7.99. The average molecular weight is 397 g/mol. The molecule has 0 spiro atoms. The van der Waals surface area contributed by atoms with Crippen molar-refractivity contribution in [1.29, 1.82) is 0 Å². The zero-order valence-corrected chi connectivity index (χ0v) is 17.1. The molecule has 7 heteroatoms. The molecule has 1 aromatic heterocycles. The van der Waals surface area contributed by atoms with E-state index >= 15 is 0 Å². The third-order valence-corrected chi connectivity index (χ3v) is 5.51. The average Bonchev–Trinajstić information content (AvgIpc) is 3.11. The minimum Gasteiger partial charge on any atom is -0.497 e. The third kappa shape index (κ3) is 4.92. The molecule has 0 unspecified atom stereocenters. The second-order valence-electron chi connectivity index (χ2n) is 6.50. The Morgan fingerprint density at radius 2 is 1.86 bits per heavy atom. The lowest BCUT2D eigenvalue weighted by molar-refractivity contribution is -0.118. The van der Waals surface area contributed by atoms with Gasteiger partial charge in [-0.05, 0) is 35.7 Å². The molecule has 0 bridgehead atoms. The summed E-state index contributed by atoms with van der Waals surface area (Å²) < 4.78 is 7.08.